The Morgan fingerprint density at radius 3 is 2.53 bits per heavy atom. The van der Waals surface area contributed by atoms with Crippen molar-refractivity contribution in [3.63, 3.8) is 0 Å². The van der Waals surface area contributed by atoms with Crippen molar-refractivity contribution < 1.29 is 4.79 Å². The summed E-state index contributed by atoms with van der Waals surface area (Å²) in [6.07, 6.45) is 5.27. The second kappa shape index (κ2) is 11.5. The number of hydrogen-bond acceptors (Lipinski definition) is 7. The van der Waals surface area contributed by atoms with Crippen LogP contribution in [0.1, 0.15) is 21.5 Å². The van der Waals surface area contributed by atoms with Gasteiger partial charge in [-0.2, -0.15) is 0 Å². The summed E-state index contributed by atoms with van der Waals surface area (Å²) in [6, 6.07) is 19.5. The first-order valence-electron chi connectivity index (χ1n) is 12.9. The maximum Gasteiger partial charge on any atom is 0.255 e. The molecule has 0 radical (unpaired) electrons. The van der Waals surface area contributed by atoms with Crippen molar-refractivity contribution in [2.45, 2.75) is 13.5 Å². The second-order valence-electron chi connectivity index (χ2n) is 9.77. The zero-order chi connectivity index (χ0) is 26.5. The van der Waals surface area contributed by atoms with Gasteiger partial charge in [-0.05, 0) is 67.6 Å². The van der Waals surface area contributed by atoms with Gasteiger partial charge in [0.15, 0.2) is 0 Å². The maximum atomic E-state index is 13.0. The van der Waals surface area contributed by atoms with E-state index in [2.05, 4.69) is 32.1 Å². The van der Waals surface area contributed by atoms with E-state index in [1.165, 1.54) is 5.56 Å². The summed E-state index contributed by atoms with van der Waals surface area (Å²) in [5.41, 5.74) is 6.26. The van der Waals surface area contributed by atoms with E-state index in [1.807, 2.05) is 79.5 Å². The van der Waals surface area contributed by atoms with Gasteiger partial charge in [0.2, 0.25) is 5.95 Å². The summed E-state index contributed by atoms with van der Waals surface area (Å²) < 4.78 is 0. The lowest BCUT2D eigenvalue weighted by atomic mass is 10.1. The molecule has 1 amide bonds. The molecule has 0 unspecified atom stereocenters. The van der Waals surface area contributed by atoms with Gasteiger partial charge in [0.05, 0.1) is 5.69 Å². The Labute approximate surface area is 224 Å². The summed E-state index contributed by atoms with van der Waals surface area (Å²) in [5, 5.41) is 3.04. The van der Waals surface area contributed by atoms with Crippen LogP contribution in [-0.4, -0.2) is 70.9 Å². The number of benzene rings is 2. The third kappa shape index (κ3) is 6.04. The average Bonchev–Trinajstić information content (AvgIpc) is 2.96. The molecular formula is C30H33N7O. The van der Waals surface area contributed by atoms with Crippen molar-refractivity contribution in [1.29, 1.82) is 0 Å². The van der Waals surface area contributed by atoms with Crippen molar-refractivity contribution in [2.75, 3.05) is 50.5 Å². The van der Waals surface area contributed by atoms with Crippen molar-refractivity contribution in [3.8, 4) is 11.3 Å². The van der Waals surface area contributed by atoms with E-state index in [1.54, 1.807) is 18.6 Å². The Morgan fingerprint density at radius 2 is 1.79 bits per heavy atom. The van der Waals surface area contributed by atoms with E-state index < -0.39 is 0 Å². The normalized spacial score (nSPS) is 14.3. The Kier molecular flexibility index (Phi) is 7.72. The summed E-state index contributed by atoms with van der Waals surface area (Å²) in [4.78, 5) is 33.1. The number of pyridine rings is 1. The largest absolute Gasteiger partial charge is 0.322 e. The van der Waals surface area contributed by atoms with Crippen LogP contribution in [0.3, 0.4) is 0 Å². The number of likely N-dealkylation sites (N-methyl/N-ethyl adjacent to an activating group) is 1. The molecule has 1 N–H and O–H groups in total. The lowest BCUT2D eigenvalue weighted by Crippen LogP contribution is -2.43. The number of rotatable bonds is 7. The highest BCUT2D eigenvalue weighted by atomic mass is 16.1. The van der Waals surface area contributed by atoms with Crippen LogP contribution >= 0.6 is 0 Å². The molecule has 0 saturated carbocycles. The number of carbonyl (C=O) groups excluding carboxylic acids is 1. The van der Waals surface area contributed by atoms with Crippen molar-refractivity contribution in [3.05, 3.63) is 95.9 Å². The molecule has 2 aromatic heterocycles. The molecule has 1 fully saturated rings. The third-order valence-corrected chi connectivity index (χ3v) is 6.95. The number of amides is 1. The monoisotopic (exact) mass is 507 g/mol. The van der Waals surface area contributed by atoms with Crippen molar-refractivity contribution >= 4 is 23.2 Å². The molecule has 1 saturated heterocycles. The number of nitrogens with one attached hydrogen (secondary N) is 1. The average molecular weight is 508 g/mol. The molecule has 2 aromatic carbocycles. The maximum absolute atomic E-state index is 13.0. The minimum Gasteiger partial charge on any atom is -0.322 e. The molecule has 8 nitrogen and oxygen atoms in total. The quantitative estimate of drug-likeness (QED) is 0.391. The lowest BCUT2D eigenvalue weighted by Gasteiger charge is -2.32. The van der Waals surface area contributed by atoms with Crippen LogP contribution in [0.25, 0.3) is 11.3 Å². The molecule has 1 aliphatic rings. The number of anilines is 3. The standard InChI is InChI=1S/C30H33N7O/c1-22-6-11-26(19-28(22)36(3)30-32-14-12-27(34-30)25-5-4-13-31-20-25)33-29(38)24-9-7-23(8-10-24)21-37-17-15-35(2)16-18-37/h4-14,19-20H,15-18,21H2,1-3H3,(H,33,38). The first-order chi connectivity index (χ1) is 18.5. The highest BCUT2D eigenvalue weighted by molar-refractivity contribution is 6.04. The van der Waals surface area contributed by atoms with E-state index >= 15 is 0 Å². The highest BCUT2D eigenvalue weighted by Crippen LogP contribution is 2.29. The van der Waals surface area contributed by atoms with E-state index in [4.69, 9.17) is 4.98 Å². The van der Waals surface area contributed by atoms with Gasteiger partial charge >= 0.3 is 0 Å². The number of hydrogen-bond donors (Lipinski definition) is 1. The minimum absolute atomic E-state index is 0.136. The van der Waals surface area contributed by atoms with E-state index in [0.717, 1.165) is 55.2 Å². The van der Waals surface area contributed by atoms with Gasteiger partial charge in [-0.25, -0.2) is 9.97 Å². The second-order valence-corrected chi connectivity index (χ2v) is 9.77. The molecule has 8 heteroatoms. The number of aromatic nitrogens is 3. The van der Waals surface area contributed by atoms with Crippen LogP contribution in [0, 0.1) is 6.92 Å². The molecule has 0 aliphatic carbocycles. The molecule has 0 atom stereocenters. The number of aryl methyl sites for hydroxylation is 1. The molecule has 5 rings (SSSR count). The molecule has 3 heterocycles. The van der Waals surface area contributed by atoms with E-state index in [0.29, 0.717) is 17.2 Å². The third-order valence-electron chi connectivity index (χ3n) is 6.95. The van der Waals surface area contributed by atoms with Crippen LogP contribution in [0.5, 0.6) is 0 Å². The van der Waals surface area contributed by atoms with E-state index in [9.17, 15) is 4.79 Å². The summed E-state index contributed by atoms with van der Waals surface area (Å²) in [6.45, 7) is 7.27. The summed E-state index contributed by atoms with van der Waals surface area (Å²) in [7, 11) is 4.09. The molecule has 1 aliphatic heterocycles. The van der Waals surface area contributed by atoms with Gasteiger partial charge in [0, 0.05) is 80.9 Å². The number of carbonyl (C=O) groups is 1. The van der Waals surface area contributed by atoms with Crippen LogP contribution < -0.4 is 10.2 Å². The molecule has 0 spiro atoms. The predicted octanol–water partition coefficient (Wildman–Crippen LogP) is 4.61. The molecule has 194 valence electrons. The van der Waals surface area contributed by atoms with E-state index in [-0.39, 0.29) is 5.91 Å². The first kappa shape index (κ1) is 25.5. The summed E-state index contributed by atoms with van der Waals surface area (Å²) in [5.74, 6) is 0.428. The lowest BCUT2D eigenvalue weighted by molar-refractivity contribution is 0.102. The van der Waals surface area contributed by atoms with Crippen LogP contribution in [0.4, 0.5) is 17.3 Å². The van der Waals surface area contributed by atoms with Gasteiger partial charge in [-0.15, -0.1) is 0 Å². The van der Waals surface area contributed by atoms with Gasteiger partial charge in [0.1, 0.15) is 0 Å². The molecular weight excluding hydrogens is 474 g/mol. The van der Waals surface area contributed by atoms with Crippen LogP contribution in [0.15, 0.2) is 79.3 Å². The Bertz CT molecular complexity index is 1380. The Hall–Kier alpha value is -4.14. The molecule has 0 bridgehead atoms. The number of nitrogens with zero attached hydrogens (tertiary/aromatic N) is 6. The van der Waals surface area contributed by atoms with Crippen LogP contribution in [-0.2, 0) is 6.54 Å². The zero-order valence-electron chi connectivity index (χ0n) is 22.1. The molecule has 38 heavy (non-hydrogen) atoms. The minimum atomic E-state index is -0.136. The number of piperazine rings is 1. The van der Waals surface area contributed by atoms with Gasteiger partial charge in [-0.3, -0.25) is 14.7 Å². The summed E-state index contributed by atoms with van der Waals surface area (Å²) >= 11 is 0. The smallest absolute Gasteiger partial charge is 0.255 e. The Balaban J connectivity index is 1.27. The highest BCUT2D eigenvalue weighted by Gasteiger charge is 2.16. The van der Waals surface area contributed by atoms with Crippen molar-refractivity contribution in [2.24, 2.45) is 0 Å². The SMILES string of the molecule is Cc1ccc(NC(=O)c2ccc(CN3CCN(C)CC3)cc2)cc1N(C)c1nccc(-c2cccnc2)n1. The predicted molar refractivity (Wildman–Crippen MR) is 152 cm³/mol. The van der Waals surface area contributed by atoms with Crippen LogP contribution in [0.2, 0.25) is 0 Å². The first-order valence-corrected chi connectivity index (χ1v) is 12.9. The molecule has 4 aromatic rings. The fraction of sp³-hybridized carbons (Fsp3) is 0.267. The fourth-order valence-corrected chi connectivity index (χ4v) is 4.57. The van der Waals surface area contributed by atoms with Gasteiger partial charge in [-0.1, -0.05) is 18.2 Å². The topological polar surface area (TPSA) is 77.5 Å². The fourth-order valence-electron chi connectivity index (χ4n) is 4.57. The van der Waals surface area contributed by atoms with Gasteiger partial charge in [0.25, 0.3) is 5.91 Å². The Morgan fingerprint density at radius 1 is 1.00 bits per heavy atom. The zero-order valence-corrected chi connectivity index (χ0v) is 22.1. The van der Waals surface area contributed by atoms with Gasteiger partial charge < -0.3 is 15.1 Å². The van der Waals surface area contributed by atoms with Crippen molar-refractivity contribution in [1.82, 2.24) is 24.8 Å².